The molecule has 38 heavy (non-hydrogen) atoms. The van der Waals surface area contributed by atoms with Crippen molar-refractivity contribution in [1.82, 2.24) is 15.5 Å². The first kappa shape index (κ1) is 25.6. The standard InChI is InChI=1S/C29H32N4O5/c1-15-7-8-19(17(3)16(15)2)14-30-25(35)13-18-11-20(12-18)31-22-6-4-5-21-26(22)29(38)33(28(21)37)23-9-10-24(34)32-27(23)36/h4-8,18,20,23,31H,9-14H2,1-3H3,(H,30,35)(H,32,34,36). The van der Waals surface area contributed by atoms with Gasteiger partial charge in [-0.2, -0.15) is 0 Å². The van der Waals surface area contributed by atoms with Crippen LogP contribution in [0.15, 0.2) is 30.3 Å². The minimum atomic E-state index is -0.993. The first-order valence-electron chi connectivity index (χ1n) is 13.1. The maximum absolute atomic E-state index is 13.3. The molecule has 2 fully saturated rings. The molecule has 1 unspecified atom stereocenters. The Morgan fingerprint density at radius 3 is 2.50 bits per heavy atom. The van der Waals surface area contributed by atoms with E-state index < -0.39 is 29.7 Å². The zero-order chi connectivity index (χ0) is 27.1. The molecule has 2 aromatic rings. The zero-order valence-corrected chi connectivity index (χ0v) is 21.8. The van der Waals surface area contributed by atoms with Crippen molar-refractivity contribution in [1.29, 1.82) is 0 Å². The Kier molecular flexibility index (Phi) is 6.77. The molecular formula is C29H32N4O5. The maximum atomic E-state index is 13.3. The van der Waals surface area contributed by atoms with Crippen molar-refractivity contribution >= 4 is 35.2 Å². The minimum absolute atomic E-state index is 0.0207. The Hall–Kier alpha value is -4.01. The van der Waals surface area contributed by atoms with E-state index in [1.165, 1.54) is 16.7 Å². The van der Waals surface area contributed by atoms with Crippen LogP contribution in [0.3, 0.4) is 0 Å². The number of fused-ring (bicyclic) bond motifs is 1. The Morgan fingerprint density at radius 1 is 1.00 bits per heavy atom. The summed E-state index contributed by atoms with van der Waals surface area (Å²) >= 11 is 0. The molecule has 1 atom stereocenters. The van der Waals surface area contributed by atoms with Crippen LogP contribution in [0.1, 0.15) is 75.1 Å². The number of aryl methyl sites for hydroxylation is 1. The third-order valence-corrected chi connectivity index (χ3v) is 8.18. The summed E-state index contributed by atoms with van der Waals surface area (Å²) in [5.74, 6) is -1.82. The molecule has 9 heteroatoms. The molecule has 9 nitrogen and oxygen atoms in total. The molecule has 2 aliphatic heterocycles. The summed E-state index contributed by atoms with van der Waals surface area (Å²) in [6.07, 6.45) is 2.19. The van der Waals surface area contributed by atoms with E-state index in [-0.39, 0.29) is 41.8 Å². The van der Waals surface area contributed by atoms with Crippen LogP contribution in [0.25, 0.3) is 0 Å². The van der Waals surface area contributed by atoms with E-state index in [0.29, 0.717) is 18.7 Å². The number of carbonyl (C=O) groups is 5. The van der Waals surface area contributed by atoms with Gasteiger partial charge in [-0.25, -0.2) is 0 Å². The molecular weight excluding hydrogens is 484 g/mol. The van der Waals surface area contributed by atoms with E-state index in [2.05, 4.69) is 48.9 Å². The Labute approximate surface area is 221 Å². The lowest BCUT2D eigenvalue weighted by Gasteiger charge is -2.36. The highest BCUT2D eigenvalue weighted by molar-refractivity contribution is 6.25. The Morgan fingerprint density at radius 2 is 1.76 bits per heavy atom. The highest BCUT2D eigenvalue weighted by Crippen LogP contribution is 2.37. The predicted molar refractivity (Wildman–Crippen MR) is 140 cm³/mol. The highest BCUT2D eigenvalue weighted by atomic mass is 16.2. The first-order valence-corrected chi connectivity index (χ1v) is 13.1. The number of hydrogen-bond acceptors (Lipinski definition) is 6. The number of nitrogens with one attached hydrogen (secondary N) is 3. The van der Waals surface area contributed by atoms with Gasteiger partial charge >= 0.3 is 0 Å². The van der Waals surface area contributed by atoms with Gasteiger partial charge in [-0.15, -0.1) is 0 Å². The van der Waals surface area contributed by atoms with Crippen molar-refractivity contribution < 1.29 is 24.0 Å². The van der Waals surface area contributed by atoms with Crippen molar-refractivity contribution in [3.8, 4) is 0 Å². The van der Waals surface area contributed by atoms with E-state index in [0.717, 1.165) is 23.3 Å². The number of benzene rings is 2. The van der Waals surface area contributed by atoms with Crippen molar-refractivity contribution in [2.75, 3.05) is 5.32 Å². The lowest BCUT2D eigenvalue weighted by molar-refractivity contribution is -0.136. The number of imide groups is 2. The van der Waals surface area contributed by atoms with Crippen LogP contribution < -0.4 is 16.0 Å². The number of piperidine rings is 1. The van der Waals surface area contributed by atoms with Gasteiger partial charge in [-0.3, -0.25) is 34.2 Å². The lowest BCUT2D eigenvalue weighted by atomic mass is 9.77. The SMILES string of the molecule is Cc1ccc(CNC(=O)CC2CC(Nc3cccc4c3C(=O)N(C3CCC(=O)NC3=O)C4=O)C2)c(C)c1C. The number of nitrogens with zero attached hydrogens (tertiary/aromatic N) is 1. The fourth-order valence-corrected chi connectivity index (χ4v) is 5.61. The second kappa shape index (κ2) is 10.0. The topological polar surface area (TPSA) is 125 Å². The van der Waals surface area contributed by atoms with E-state index in [4.69, 9.17) is 0 Å². The quantitative estimate of drug-likeness (QED) is 0.486. The lowest BCUT2D eigenvalue weighted by Crippen LogP contribution is -2.54. The fraction of sp³-hybridized carbons (Fsp3) is 0.414. The van der Waals surface area contributed by atoms with Crippen molar-refractivity contribution in [2.24, 2.45) is 5.92 Å². The number of carbonyl (C=O) groups excluding carboxylic acids is 5. The average Bonchev–Trinajstić information content (AvgIpc) is 3.11. The number of hydrogen-bond donors (Lipinski definition) is 3. The van der Waals surface area contributed by atoms with Gasteiger partial charge in [-0.1, -0.05) is 18.2 Å². The summed E-state index contributed by atoms with van der Waals surface area (Å²) in [6, 6.07) is 8.27. The van der Waals surface area contributed by atoms with Crippen molar-refractivity contribution in [3.05, 3.63) is 63.7 Å². The fourth-order valence-electron chi connectivity index (χ4n) is 5.61. The predicted octanol–water partition coefficient (Wildman–Crippen LogP) is 2.91. The largest absolute Gasteiger partial charge is 0.382 e. The van der Waals surface area contributed by atoms with Crippen LogP contribution in [0.2, 0.25) is 0 Å². The highest BCUT2D eigenvalue weighted by Gasteiger charge is 2.46. The smallest absolute Gasteiger partial charge is 0.264 e. The molecule has 3 aliphatic rings. The van der Waals surface area contributed by atoms with Crippen LogP contribution in [0.4, 0.5) is 5.69 Å². The first-order chi connectivity index (χ1) is 18.1. The monoisotopic (exact) mass is 516 g/mol. The van der Waals surface area contributed by atoms with Crippen LogP contribution >= 0.6 is 0 Å². The van der Waals surface area contributed by atoms with E-state index >= 15 is 0 Å². The van der Waals surface area contributed by atoms with Crippen LogP contribution in [-0.4, -0.2) is 46.5 Å². The van der Waals surface area contributed by atoms with E-state index in [1.54, 1.807) is 18.2 Å². The van der Waals surface area contributed by atoms with Gasteiger partial charge in [0.15, 0.2) is 0 Å². The average molecular weight is 517 g/mol. The molecule has 2 heterocycles. The van der Waals surface area contributed by atoms with Gasteiger partial charge < -0.3 is 10.6 Å². The number of rotatable bonds is 7. The van der Waals surface area contributed by atoms with Crippen LogP contribution in [0, 0.1) is 26.7 Å². The minimum Gasteiger partial charge on any atom is -0.382 e. The Bertz CT molecular complexity index is 1360. The van der Waals surface area contributed by atoms with Gasteiger partial charge in [-0.05, 0) is 80.3 Å². The molecule has 0 aromatic heterocycles. The third kappa shape index (κ3) is 4.68. The number of amides is 5. The van der Waals surface area contributed by atoms with E-state index in [1.807, 2.05) is 0 Å². The molecule has 2 aromatic carbocycles. The summed E-state index contributed by atoms with van der Waals surface area (Å²) in [4.78, 5) is 63.6. The summed E-state index contributed by atoms with van der Waals surface area (Å²) < 4.78 is 0. The normalized spacial score (nSPS) is 22.6. The molecule has 1 saturated carbocycles. The molecule has 5 rings (SSSR count). The van der Waals surface area contributed by atoms with Crippen LogP contribution in [0.5, 0.6) is 0 Å². The van der Waals surface area contributed by atoms with Crippen molar-refractivity contribution in [2.45, 2.75) is 71.5 Å². The van der Waals surface area contributed by atoms with Crippen LogP contribution in [-0.2, 0) is 20.9 Å². The molecule has 5 amide bonds. The van der Waals surface area contributed by atoms with Gasteiger partial charge in [0.05, 0.1) is 11.1 Å². The van der Waals surface area contributed by atoms with E-state index in [9.17, 15) is 24.0 Å². The van der Waals surface area contributed by atoms with Gasteiger partial charge in [0.25, 0.3) is 11.8 Å². The summed E-state index contributed by atoms with van der Waals surface area (Å²) in [5, 5.41) is 8.61. The molecule has 3 N–H and O–H groups in total. The molecule has 0 spiro atoms. The summed E-state index contributed by atoms with van der Waals surface area (Å²) in [6.45, 7) is 6.76. The third-order valence-electron chi connectivity index (χ3n) is 8.18. The Balaban J connectivity index is 1.16. The summed E-state index contributed by atoms with van der Waals surface area (Å²) in [7, 11) is 0. The molecule has 0 bridgehead atoms. The second-order valence-electron chi connectivity index (χ2n) is 10.6. The van der Waals surface area contributed by atoms with Crippen molar-refractivity contribution in [3.63, 3.8) is 0 Å². The number of anilines is 1. The second-order valence-corrected chi connectivity index (χ2v) is 10.6. The van der Waals surface area contributed by atoms with Gasteiger partial charge in [0.1, 0.15) is 6.04 Å². The molecule has 1 saturated heterocycles. The molecule has 198 valence electrons. The zero-order valence-electron chi connectivity index (χ0n) is 21.8. The van der Waals surface area contributed by atoms with Gasteiger partial charge in [0, 0.05) is 31.1 Å². The summed E-state index contributed by atoms with van der Waals surface area (Å²) in [5.41, 5.74) is 5.88. The molecule has 0 radical (unpaired) electrons. The molecule has 1 aliphatic carbocycles. The maximum Gasteiger partial charge on any atom is 0.264 e. The van der Waals surface area contributed by atoms with Gasteiger partial charge in [0.2, 0.25) is 17.7 Å².